The zero-order chi connectivity index (χ0) is 18.4. The third kappa shape index (κ3) is 4.52. The van der Waals surface area contributed by atoms with E-state index >= 15 is 0 Å². The molecule has 0 bridgehead atoms. The fourth-order valence-electron chi connectivity index (χ4n) is 2.91. The number of amides is 2. The minimum absolute atomic E-state index is 0.0464. The molecule has 2 aromatic rings. The molecular formula is C19H21ClN4O2. The number of rotatable bonds is 5. The summed E-state index contributed by atoms with van der Waals surface area (Å²) in [7, 11) is 0. The summed E-state index contributed by atoms with van der Waals surface area (Å²) < 4.78 is 0. The highest BCUT2D eigenvalue weighted by atomic mass is 35.5. The van der Waals surface area contributed by atoms with Gasteiger partial charge in [0.1, 0.15) is 5.82 Å². The monoisotopic (exact) mass is 372 g/mol. The number of benzene rings is 1. The summed E-state index contributed by atoms with van der Waals surface area (Å²) in [5.41, 5.74) is 0.422. The van der Waals surface area contributed by atoms with E-state index in [2.05, 4.69) is 15.2 Å². The smallest absolute Gasteiger partial charge is 0.252 e. The van der Waals surface area contributed by atoms with Crippen LogP contribution in [0.15, 0.2) is 48.7 Å². The molecule has 0 aliphatic carbocycles. The first-order valence-corrected chi connectivity index (χ1v) is 8.99. The van der Waals surface area contributed by atoms with Gasteiger partial charge in [-0.25, -0.2) is 4.98 Å². The second-order valence-electron chi connectivity index (χ2n) is 6.04. The highest BCUT2D eigenvalue weighted by Crippen LogP contribution is 2.15. The van der Waals surface area contributed by atoms with Crippen molar-refractivity contribution < 1.29 is 9.59 Å². The lowest BCUT2D eigenvalue weighted by Crippen LogP contribution is -2.49. The van der Waals surface area contributed by atoms with Crippen molar-refractivity contribution in [1.29, 1.82) is 0 Å². The second kappa shape index (κ2) is 8.67. The Kier molecular flexibility index (Phi) is 6.07. The molecule has 0 atom stereocenters. The van der Waals surface area contributed by atoms with E-state index in [1.165, 1.54) is 0 Å². The molecule has 1 aliphatic rings. The van der Waals surface area contributed by atoms with Crippen molar-refractivity contribution in [2.24, 2.45) is 0 Å². The van der Waals surface area contributed by atoms with Crippen LogP contribution in [0.3, 0.4) is 0 Å². The summed E-state index contributed by atoms with van der Waals surface area (Å²) in [6.45, 7) is 3.13. The summed E-state index contributed by atoms with van der Waals surface area (Å²) in [5.74, 6) is 0.722. The van der Waals surface area contributed by atoms with Crippen molar-refractivity contribution >= 4 is 29.2 Å². The topological polar surface area (TPSA) is 65.5 Å². The number of piperazine rings is 1. The zero-order valence-corrected chi connectivity index (χ0v) is 15.2. The number of nitrogens with zero attached hydrogens (tertiary/aromatic N) is 3. The molecule has 1 aromatic heterocycles. The number of hydrogen-bond donors (Lipinski definition) is 1. The largest absolute Gasteiger partial charge is 0.353 e. The van der Waals surface area contributed by atoms with Gasteiger partial charge in [-0.2, -0.15) is 0 Å². The average molecular weight is 373 g/mol. The fraction of sp³-hybridized carbons (Fsp3) is 0.316. The predicted molar refractivity (Wildman–Crippen MR) is 101 cm³/mol. The number of anilines is 1. The highest BCUT2D eigenvalue weighted by Gasteiger charge is 2.21. The lowest BCUT2D eigenvalue weighted by Gasteiger charge is -2.35. The molecule has 26 heavy (non-hydrogen) atoms. The van der Waals surface area contributed by atoms with E-state index in [1.807, 2.05) is 23.1 Å². The number of halogens is 1. The van der Waals surface area contributed by atoms with Crippen LogP contribution in [0.2, 0.25) is 5.02 Å². The molecule has 1 saturated heterocycles. The molecule has 0 spiro atoms. The normalized spacial score (nSPS) is 14.2. The van der Waals surface area contributed by atoms with E-state index in [1.54, 1.807) is 30.5 Å². The summed E-state index contributed by atoms with van der Waals surface area (Å²) >= 11 is 6.00. The molecule has 1 aromatic carbocycles. The molecule has 3 rings (SSSR count). The van der Waals surface area contributed by atoms with E-state index in [0.717, 1.165) is 18.9 Å². The number of carbonyl (C=O) groups is 2. The molecule has 2 amide bonds. The molecule has 1 fully saturated rings. The van der Waals surface area contributed by atoms with Crippen LogP contribution in [0, 0.1) is 0 Å². The van der Waals surface area contributed by atoms with E-state index < -0.39 is 0 Å². The van der Waals surface area contributed by atoms with Crippen LogP contribution in [0.25, 0.3) is 0 Å². The van der Waals surface area contributed by atoms with Gasteiger partial charge in [0, 0.05) is 45.3 Å². The van der Waals surface area contributed by atoms with Crippen LogP contribution >= 0.6 is 11.6 Å². The molecule has 6 nitrogen and oxygen atoms in total. The van der Waals surface area contributed by atoms with Gasteiger partial charge in [-0.1, -0.05) is 29.8 Å². The van der Waals surface area contributed by atoms with Crippen LogP contribution in [0.1, 0.15) is 16.8 Å². The van der Waals surface area contributed by atoms with E-state index in [9.17, 15) is 9.59 Å². The van der Waals surface area contributed by atoms with Crippen molar-refractivity contribution in [1.82, 2.24) is 15.2 Å². The molecule has 1 aliphatic heterocycles. The first kappa shape index (κ1) is 18.2. The van der Waals surface area contributed by atoms with Gasteiger partial charge in [-0.05, 0) is 24.3 Å². The van der Waals surface area contributed by atoms with Gasteiger partial charge >= 0.3 is 0 Å². The van der Waals surface area contributed by atoms with Gasteiger partial charge in [-0.3, -0.25) is 9.59 Å². The maximum absolute atomic E-state index is 12.3. The van der Waals surface area contributed by atoms with Crippen LogP contribution in [-0.4, -0.2) is 54.4 Å². The second-order valence-corrected chi connectivity index (χ2v) is 6.45. The first-order chi connectivity index (χ1) is 12.6. The Labute approximate surface area is 157 Å². The summed E-state index contributed by atoms with van der Waals surface area (Å²) in [6, 6.07) is 12.7. The van der Waals surface area contributed by atoms with E-state index in [0.29, 0.717) is 30.2 Å². The Balaban J connectivity index is 1.42. The molecular weight excluding hydrogens is 352 g/mol. The third-order valence-corrected chi connectivity index (χ3v) is 4.68. The minimum atomic E-state index is -0.261. The van der Waals surface area contributed by atoms with Crippen LogP contribution in [0.4, 0.5) is 5.82 Å². The Morgan fingerprint density at radius 2 is 1.77 bits per heavy atom. The van der Waals surface area contributed by atoms with Crippen molar-refractivity contribution in [3.05, 3.63) is 59.2 Å². The number of aromatic nitrogens is 1. The molecule has 0 unspecified atom stereocenters. The number of pyridine rings is 1. The summed E-state index contributed by atoms with van der Waals surface area (Å²) in [4.78, 5) is 32.8. The van der Waals surface area contributed by atoms with Crippen molar-refractivity contribution in [2.75, 3.05) is 37.6 Å². The van der Waals surface area contributed by atoms with Gasteiger partial charge in [0.15, 0.2) is 0 Å². The number of carbonyl (C=O) groups excluding carboxylic acids is 2. The van der Waals surface area contributed by atoms with Crippen molar-refractivity contribution in [3.8, 4) is 0 Å². The number of nitrogens with one attached hydrogen (secondary N) is 1. The van der Waals surface area contributed by atoms with Gasteiger partial charge < -0.3 is 15.1 Å². The average Bonchev–Trinajstić information content (AvgIpc) is 2.69. The van der Waals surface area contributed by atoms with Gasteiger partial charge in [0.2, 0.25) is 5.91 Å². The lowest BCUT2D eigenvalue weighted by molar-refractivity contribution is -0.131. The maximum atomic E-state index is 12.3. The Bertz CT molecular complexity index is 761. The van der Waals surface area contributed by atoms with Crippen LogP contribution in [0.5, 0.6) is 0 Å². The van der Waals surface area contributed by atoms with E-state index in [4.69, 9.17) is 11.6 Å². The standard InChI is InChI=1S/C19H21ClN4O2/c20-16-6-2-1-5-15(16)19(26)22-10-8-18(25)24-13-11-23(12-14-24)17-7-3-4-9-21-17/h1-7,9H,8,10-14H2,(H,22,26). The Morgan fingerprint density at radius 3 is 2.46 bits per heavy atom. The molecule has 2 heterocycles. The SMILES string of the molecule is O=C(NCCC(=O)N1CCN(c2ccccn2)CC1)c1ccccc1Cl. The third-order valence-electron chi connectivity index (χ3n) is 4.35. The van der Waals surface area contributed by atoms with Gasteiger partial charge in [0.05, 0.1) is 10.6 Å². The quantitative estimate of drug-likeness (QED) is 0.873. The van der Waals surface area contributed by atoms with Crippen molar-refractivity contribution in [2.45, 2.75) is 6.42 Å². The molecule has 0 radical (unpaired) electrons. The summed E-state index contributed by atoms with van der Waals surface area (Å²) in [6.07, 6.45) is 2.05. The first-order valence-electron chi connectivity index (χ1n) is 8.61. The van der Waals surface area contributed by atoms with Crippen LogP contribution < -0.4 is 10.2 Å². The summed E-state index contributed by atoms with van der Waals surface area (Å²) in [5, 5.41) is 3.16. The van der Waals surface area contributed by atoms with Crippen LogP contribution in [-0.2, 0) is 4.79 Å². The zero-order valence-electron chi connectivity index (χ0n) is 14.4. The molecule has 1 N–H and O–H groups in total. The lowest BCUT2D eigenvalue weighted by atomic mass is 10.2. The number of hydrogen-bond acceptors (Lipinski definition) is 4. The highest BCUT2D eigenvalue weighted by molar-refractivity contribution is 6.33. The molecule has 136 valence electrons. The molecule has 7 heteroatoms. The predicted octanol–water partition coefficient (Wildman–Crippen LogP) is 2.20. The Morgan fingerprint density at radius 1 is 1.04 bits per heavy atom. The fourth-order valence-corrected chi connectivity index (χ4v) is 3.13. The Hall–Kier alpha value is -2.60. The van der Waals surface area contributed by atoms with Gasteiger partial charge in [-0.15, -0.1) is 0 Å². The van der Waals surface area contributed by atoms with Crippen molar-refractivity contribution in [3.63, 3.8) is 0 Å². The maximum Gasteiger partial charge on any atom is 0.252 e. The van der Waals surface area contributed by atoms with E-state index in [-0.39, 0.29) is 18.2 Å². The molecule has 0 saturated carbocycles. The van der Waals surface area contributed by atoms with Gasteiger partial charge in [0.25, 0.3) is 5.91 Å². The minimum Gasteiger partial charge on any atom is -0.353 e.